The molecule has 0 saturated carbocycles. The summed E-state index contributed by atoms with van der Waals surface area (Å²) in [6, 6.07) is 15.2. The molecule has 0 aromatic heterocycles. The number of unbranched alkanes of at least 4 members (excludes halogenated alkanes) is 24. The molecule has 0 atom stereocenters. The number of allylic oxidation sites excluding steroid dienone is 4. The Morgan fingerprint density at radius 2 is 0.608 bits per heavy atom. The average molecular weight is 1000 g/mol. The Morgan fingerprint density at radius 1 is 0.351 bits per heavy atom. The van der Waals surface area contributed by atoms with Crippen molar-refractivity contribution in [2.75, 3.05) is 7.05 Å². The standard InChI is InChI=1S/C46H50N2O4.C22H42/c1-4-6-8-10-12-14-16-18-20-30(21-19-17-15-13-11-9-7-5-2)48-45(51)37-28-24-33-31-22-26-35-41-36(44(50)47(3)43(35)49)27-23-32(39(31)41)34-25-29-38(46(48)52)42(37)40(33)34;1-4-6-8-10-12-14-16-18-20-22(3)21-19-17-15-13-11-9-7-5-2/h4-5,22-30H,1-2,6-21H2,3H3;4-5,22H,1-2,6-21H2,3H3. The van der Waals surface area contributed by atoms with Crippen LogP contribution in [0.15, 0.2) is 99.2 Å². The highest BCUT2D eigenvalue weighted by atomic mass is 16.2. The van der Waals surface area contributed by atoms with E-state index in [1.165, 1.54) is 166 Å². The maximum absolute atomic E-state index is 14.5. The molecule has 0 fully saturated rings. The van der Waals surface area contributed by atoms with Crippen molar-refractivity contribution in [1.29, 1.82) is 0 Å². The van der Waals surface area contributed by atoms with Gasteiger partial charge >= 0.3 is 0 Å². The van der Waals surface area contributed by atoms with Crippen molar-refractivity contribution in [3.8, 4) is 0 Å². The van der Waals surface area contributed by atoms with Crippen LogP contribution in [0.5, 0.6) is 0 Å². The molecule has 6 heteroatoms. The Morgan fingerprint density at radius 3 is 0.905 bits per heavy atom. The van der Waals surface area contributed by atoms with Gasteiger partial charge in [0.15, 0.2) is 0 Å². The van der Waals surface area contributed by atoms with Gasteiger partial charge in [-0.1, -0.05) is 197 Å². The van der Waals surface area contributed by atoms with Gasteiger partial charge in [0, 0.05) is 46.1 Å². The molecule has 6 nitrogen and oxygen atoms in total. The Hall–Kier alpha value is -5.36. The van der Waals surface area contributed by atoms with E-state index < -0.39 is 0 Å². The lowest BCUT2D eigenvalue weighted by Gasteiger charge is -2.35. The van der Waals surface area contributed by atoms with Crippen LogP contribution in [0.2, 0.25) is 0 Å². The van der Waals surface area contributed by atoms with Crippen LogP contribution in [-0.2, 0) is 0 Å². The lowest BCUT2D eigenvalue weighted by Crippen LogP contribution is -2.47. The number of benzene rings is 5. The second-order valence-corrected chi connectivity index (χ2v) is 22.0. The zero-order valence-corrected chi connectivity index (χ0v) is 46.1. The van der Waals surface area contributed by atoms with E-state index in [0.717, 1.165) is 89.6 Å². The molecule has 0 saturated heterocycles. The third-order valence-corrected chi connectivity index (χ3v) is 16.3. The van der Waals surface area contributed by atoms with E-state index in [2.05, 4.69) is 33.2 Å². The third kappa shape index (κ3) is 14.9. The van der Waals surface area contributed by atoms with Crippen molar-refractivity contribution >= 4 is 66.7 Å². The van der Waals surface area contributed by atoms with Gasteiger partial charge in [0.1, 0.15) is 0 Å². The average Bonchev–Trinajstić information content (AvgIpc) is 3.45. The van der Waals surface area contributed by atoms with Crippen molar-refractivity contribution in [1.82, 2.24) is 9.80 Å². The smallest absolute Gasteiger partial charge is 0.261 e. The number of rotatable bonds is 37. The number of hydrogen-bond acceptors (Lipinski definition) is 4. The van der Waals surface area contributed by atoms with Crippen LogP contribution in [0, 0.1) is 5.92 Å². The van der Waals surface area contributed by atoms with E-state index in [0.29, 0.717) is 33.0 Å². The van der Waals surface area contributed by atoms with Crippen molar-refractivity contribution < 1.29 is 19.2 Å². The molecule has 74 heavy (non-hydrogen) atoms. The van der Waals surface area contributed by atoms with E-state index >= 15 is 0 Å². The summed E-state index contributed by atoms with van der Waals surface area (Å²) in [5, 5.41) is 6.80. The number of fused-ring (bicyclic) bond motifs is 2. The van der Waals surface area contributed by atoms with Gasteiger partial charge in [-0.3, -0.25) is 29.0 Å². The highest BCUT2D eigenvalue weighted by molar-refractivity contribution is 6.41. The molecule has 2 heterocycles. The van der Waals surface area contributed by atoms with Crippen molar-refractivity contribution in [2.45, 2.75) is 218 Å². The summed E-state index contributed by atoms with van der Waals surface area (Å²) in [5.74, 6) is -0.0718. The molecule has 5 aromatic carbocycles. The van der Waals surface area contributed by atoms with Gasteiger partial charge < -0.3 is 0 Å². The Labute approximate surface area is 446 Å². The predicted octanol–water partition coefficient (Wildman–Crippen LogP) is 19.8. The van der Waals surface area contributed by atoms with Gasteiger partial charge in [0.25, 0.3) is 23.6 Å². The fourth-order valence-electron chi connectivity index (χ4n) is 12.0. The van der Waals surface area contributed by atoms with E-state index in [4.69, 9.17) is 0 Å². The van der Waals surface area contributed by atoms with Crippen molar-refractivity contribution in [3.05, 3.63) is 121 Å². The van der Waals surface area contributed by atoms with Gasteiger partial charge in [-0.05, 0) is 127 Å². The van der Waals surface area contributed by atoms with Crippen LogP contribution in [-0.4, -0.2) is 46.5 Å². The first-order chi connectivity index (χ1) is 36.2. The van der Waals surface area contributed by atoms with Gasteiger partial charge in [-0.2, -0.15) is 0 Å². The molecular formula is C68H92N2O4. The summed E-state index contributed by atoms with van der Waals surface area (Å²) >= 11 is 0. The van der Waals surface area contributed by atoms with Crippen LogP contribution >= 0.6 is 0 Å². The van der Waals surface area contributed by atoms with Crippen LogP contribution < -0.4 is 0 Å². The summed E-state index contributed by atoms with van der Waals surface area (Å²) in [5.41, 5.74) is 2.18. The van der Waals surface area contributed by atoms with E-state index in [-0.39, 0.29) is 29.7 Å². The van der Waals surface area contributed by atoms with Gasteiger partial charge in [0.05, 0.1) is 0 Å². The number of nitrogens with zero attached hydrogens (tertiary/aromatic N) is 2. The number of carbonyl (C=O) groups is 4. The van der Waals surface area contributed by atoms with E-state index in [9.17, 15) is 19.2 Å². The topological polar surface area (TPSA) is 74.8 Å². The maximum Gasteiger partial charge on any atom is 0.261 e. The first-order valence-electron chi connectivity index (χ1n) is 29.5. The number of imide groups is 2. The number of carbonyl (C=O) groups excluding carboxylic acids is 4. The quantitative estimate of drug-likeness (QED) is 0.0131. The van der Waals surface area contributed by atoms with Gasteiger partial charge in [0.2, 0.25) is 0 Å². The molecule has 0 bridgehead atoms. The second kappa shape index (κ2) is 30.9. The Kier molecular flexibility index (Phi) is 24.2. The molecule has 398 valence electrons. The molecule has 2 aliphatic heterocycles. The second-order valence-electron chi connectivity index (χ2n) is 22.0. The molecule has 5 aromatic rings. The van der Waals surface area contributed by atoms with Gasteiger partial charge in [-0.15, -0.1) is 26.3 Å². The monoisotopic (exact) mass is 1000 g/mol. The zero-order chi connectivity index (χ0) is 52.7. The Bertz CT molecular complexity index is 2490. The minimum atomic E-state index is -0.310. The van der Waals surface area contributed by atoms with Crippen LogP contribution in [0.3, 0.4) is 0 Å². The first-order valence-corrected chi connectivity index (χ1v) is 29.5. The summed E-state index contributed by atoms with van der Waals surface area (Å²) in [4.78, 5) is 58.2. The fraction of sp³-hybridized carbons (Fsp3) is 0.529. The molecule has 2 aliphatic rings. The maximum atomic E-state index is 14.5. The summed E-state index contributed by atoms with van der Waals surface area (Å²) in [7, 11) is 1.52. The molecular weight excluding hydrogens is 909 g/mol. The number of amides is 4. The highest BCUT2D eigenvalue weighted by Crippen LogP contribution is 2.46. The SMILES string of the molecule is C=CCCCCCCCCC(C)CCCCCCCCC=C.C=CCCCCCCCCC(CCCCCCCCC=C)N1C(=O)c2ccc3c4ccc5c6c(ccc(c7ccc(c2c37)C1=O)c64)C(=O)N(C)C5=O. The normalized spacial score (nSPS) is 13.4. The zero-order valence-electron chi connectivity index (χ0n) is 46.1. The first kappa shape index (κ1) is 57.9. The predicted molar refractivity (Wildman–Crippen MR) is 316 cm³/mol. The van der Waals surface area contributed by atoms with Crippen molar-refractivity contribution in [3.63, 3.8) is 0 Å². The van der Waals surface area contributed by atoms with Crippen molar-refractivity contribution in [2.24, 2.45) is 5.92 Å². The molecule has 0 unspecified atom stereocenters. The summed E-state index contributed by atoms with van der Waals surface area (Å²) < 4.78 is 0. The molecule has 4 amide bonds. The van der Waals surface area contributed by atoms with Crippen LogP contribution in [0.25, 0.3) is 43.1 Å². The lowest BCUT2D eigenvalue weighted by molar-refractivity contribution is 0.0515. The summed E-state index contributed by atoms with van der Waals surface area (Å²) in [6.45, 7) is 17.7. The molecule has 0 N–H and O–H groups in total. The molecule has 0 radical (unpaired) electrons. The van der Waals surface area contributed by atoms with Gasteiger partial charge in [-0.25, -0.2) is 0 Å². The minimum absolute atomic E-state index is 0.137. The third-order valence-electron chi connectivity index (χ3n) is 16.3. The Balaban J connectivity index is 0.000000343. The van der Waals surface area contributed by atoms with Crippen LogP contribution in [0.4, 0.5) is 0 Å². The molecule has 0 aliphatic carbocycles. The highest BCUT2D eigenvalue weighted by Gasteiger charge is 2.39. The minimum Gasteiger partial charge on any atom is -0.277 e. The molecule has 7 rings (SSSR count). The fourth-order valence-corrected chi connectivity index (χ4v) is 12.0. The molecule has 0 spiro atoms. The van der Waals surface area contributed by atoms with Crippen LogP contribution in [0.1, 0.15) is 254 Å². The lowest BCUT2D eigenvalue weighted by atomic mass is 9.82. The van der Waals surface area contributed by atoms with E-state index in [1.54, 1.807) is 4.90 Å². The van der Waals surface area contributed by atoms with E-state index in [1.807, 2.05) is 72.8 Å². The summed E-state index contributed by atoms with van der Waals surface area (Å²) in [6.07, 6.45) is 47.9. The number of hydrogen-bond donors (Lipinski definition) is 0. The largest absolute Gasteiger partial charge is 0.277 e.